The number of urea groups is 1. The number of hydrogen-bond acceptors (Lipinski definition) is 4. The van der Waals surface area contributed by atoms with Crippen molar-refractivity contribution < 1.29 is 19.1 Å². The Morgan fingerprint density at radius 3 is 2.96 bits per heavy atom. The largest absolute Gasteiger partial charge is 0.467 e. The van der Waals surface area contributed by atoms with Crippen LogP contribution in [-0.2, 0) is 11.3 Å². The lowest BCUT2D eigenvalue weighted by Crippen LogP contribution is -2.53. The minimum absolute atomic E-state index is 0.123. The second-order valence-corrected chi connectivity index (χ2v) is 5.84. The predicted molar refractivity (Wildman–Crippen MR) is 87.4 cm³/mol. The number of nitrogens with zero attached hydrogens (tertiary/aromatic N) is 2. The summed E-state index contributed by atoms with van der Waals surface area (Å²) in [5.74, 6) is 0.508. The van der Waals surface area contributed by atoms with Gasteiger partial charge in [-0.25, -0.2) is 4.79 Å². The highest BCUT2D eigenvalue weighted by Crippen LogP contribution is 2.23. The molecule has 0 radical (unpaired) electrons. The monoisotopic (exact) mass is 333 g/mol. The first-order valence-electron chi connectivity index (χ1n) is 8.18. The van der Waals surface area contributed by atoms with Gasteiger partial charge in [0.15, 0.2) is 0 Å². The molecule has 2 N–H and O–H groups in total. The molecule has 1 fully saturated rings. The molecule has 7 heteroatoms. The van der Waals surface area contributed by atoms with Crippen LogP contribution in [0.2, 0.25) is 0 Å². The van der Waals surface area contributed by atoms with Gasteiger partial charge in [-0.05, 0) is 24.3 Å². The zero-order valence-electron chi connectivity index (χ0n) is 13.5. The standard InChI is InChI=1S/C17H23N3O4/c21-15(16-4-3-10-24-16)12-14-13-23-11-9-20(14)17(22)18-5-8-19-6-1-2-7-19/h1-4,6-7,10,14-15,21H,5,8-9,11-13H2,(H,18,22)/t14-,15-/m1/s1. The van der Waals surface area contributed by atoms with Crippen LogP contribution in [0.15, 0.2) is 47.3 Å². The Kier molecular flexibility index (Phi) is 5.55. The van der Waals surface area contributed by atoms with E-state index in [-0.39, 0.29) is 12.1 Å². The minimum atomic E-state index is -0.748. The predicted octanol–water partition coefficient (Wildman–Crippen LogP) is 1.62. The maximum Gasteiger partial charge on any atom is 0.317 e. The number of carbonyl (C=O) groups excluding carboxylic acids is 1. The van der Waals surface area contributed by atoms with Crippen LogP contribution in [0.5, 0.6) is 0 Å². The maximum absolute atomic E-state index is 12.4. The minimum Gasteiger partial charge on any atom is -0.467 e. The van der Waals surface area contributed by atoms with Gasteiger partial charge >= 0.3 is 6.03 Å². The van der Waals surface area contributed by atoms with Gasteiger partial charge < -0.3 is 29.0 Å². The van der Waals surface area contributed by atoms with Gasteiger partial charge in [-0.3, -0.25) is 0 Å². The van der Waals surface area contributed by atoms with Crippen LogP contribution in [-0.4, -0.2) is 52.9 Å². The number of rotatable bonds is 6. The number of amides is 2. The first-order chi connectivity index (χ1) is 11.7. The van der Waals surface area contributed by atoms with Crippen LogP contribution in [0.25, 0.3) is 0 Å². The number of hydrogen-bond donors (Lipinski definition) is 2. The van der Waals surface area contributed by atoms with Gasteiger partial charge in [0.1, 0.15) is 11.9 Å². The molecule has 0 aromatic carbocycles. The number of morpholine rings is 1. The normalized spacial score (nSPS) is 19.2. The first kappa shape index (κ1) is 16.6. The Bertz CT molecular complexity index is 612. The Morgan fingerprint density at radius 1 is 1.38 bits per heavy atom. The second kappa shape index (κ2) is 8.03. The van der Waals surface area contributed by atoms with E-state index in [1.54, 1.807) is 17.0 Å². The summed E-state index contributed by atoms with van der Waals surface area (Å²) in [6, 6.07) is 7.08. The molecule has 24 heavy (non-hydrogen) atoms. The van der Waals surface area contributed by atoms with Crippen molar-refractivity contribution in [2.45, 2.75) is 25.1 Å². The van der Waals surface area contributed by atoms with Gasteiger partial charge in [0.2, 0.25) is 0 Å². The molecule has 0 saturated carbocycles. The number of carbonyl (C=O) groups is 1. The van der Waals surface area contributed by atoms with Gasteiger partial charge in [0, 0.05) is 38.4 Å². The molecular weight excluding hydrogens is 310 g/mol. The fourth-order valence-electron chi connectivity index (χ4n) is 2.88. The quantitative estimate of drug-likeness (QED) is 0.842. The van der Waals surface area contributed by atoms with Crippen molar-refractivity contribution in [3.05, 3.63) is 48.7 Å². The third kappa shape index (κ3) is 4.18. The summed E-state index contributed by atoms with van der Waals surface area (Å²) in [5, 5.41) is 13.2. The van der Waals surface area contributed by atoms with E-state index in [0.29, 0.717) is 38.5 Å². The Balaban J connectivity index is 1.52. The Hall–Kier alpha value is -2.25. The van der Waals surface area contributed by atoms with Crippen molar-refractivity contribution in [1.82, 2.24) is 14.8 Å². The molecule has 1 aliphatic rings. The van der Waals surface area contributed by atoms with Crippen LogP contribution in [0.4, 0.5) is 4.79 Å². The lowest BCUT2D eigenvalue weighted by molar-refractivity contribution is -0.00967. The summed E-state index contributed by atoms with van der Waals surface area (Å²) in [4.78, 5) is 14.2. The molecule has 0 bridgehead atoms. The summed E-state index contributed by atoms with van der Waals surface area (Å²) in [5.41, 5.74) is 0. The third-order valence-corrected chi connectivity index (χ3v) is 4.17. The van der Waals surface area contributed by atoms with E-state index in [4.69, 9.17) is 9.15 Å². The summed E-state index contributed by atoms with van der Waals surface area (Å²) in [6.45, 7) is 2.73. The Labute approximate surface area is 140 Å². The van der Waals surface area contributed by atoms with Crippen LogP contribution < -0.4 is 5.32 Å². The van der Waals surface area contributed by atoms with Gasteiger partial charge in [-0.1, -0.05) is 0 Å². The van der Waals surface area contributed by atoms with Gasteiger partial charge in [0.05, 0.1) is 25.5 Å². The SMILES string of the molecule is O=C(NCCn1cccc1)N1CCOC[C@H]1C[C@@H](O)c1ccco1. The lowest BCUT2D eigenvalue weighted by Gasteiger charge is -2.36. The molecule has 0 aliphatic carbocycles. The third-order valence-electron chi connectivity index (χ3n) is 4.17. The second-order valence-electron chi connectivity index (χ2n) is 5.84. The van der Waals surface area contributed by atoms with E-state index in [1.165, 1.54) is 6.26 Å². The highest BCUT2D eigenvalue weighted by Gasteiger charge is 2.30. The number of nitrogens with one attached hydrogen (secondary N) is 1. The summed E-state index contributed by atoms with van der Waals surface area (Å²) in [6.07, 6.45) is 5.09. The van der Waals surface area contributed by atoms with E-state index >= 15 is 0 Å². The zero-order valence-corrected chi connectivity index (χ0v) is 13.5. The number of aliphatic hydroxyl groups excluding tert-OH is 1. The molecule has 2 atom stereocenters. The fraction of sp³-hybridized carbons (Fsp3) is 0.471. The number of aromatic nitrogens is 1. The molecule has 2 aromatic rings. The van der Waals surface area contributed by atoms with Crippen molar-refractivity contribution in [1.29, 1.82) is 0 Å². The van der Waals surface area contributed by atoms with Gasteiger partial charge in [-0.2, -0.15) is 0 Å². The molecule has 2 amide bonds. The van der Waals surface area contributed by atoms with E-state index in [0.717, 1.165) is 6.54 Å². The topological polar surface area (TPSA) is 79.9 Å². The van der Waals surface area contributed by atoms with Crippen molar-refractivity contribution in [3.8, 4) is 0 Å². The van der Waals surface area contributed by atoms with E-state index < -0.39 is 6.10 Å². The zero-order chi connectivity index (χ0) is 16.8. The van der Waals surface area contributed by atoms with Crippen LogP contribution in [0.1, 0.15) is 18.3 Å². The Morgan fingerprint density at radius 2 is 2.21 bits per heavy atom. The van der Waals surface area contributed by atoms with E-state index in [2.05, 4.69) is 5.32 Å². The molecule has 0 spiro atoms. The molecular formula is C17H23N3O4. The van der Waals surface area contributed by atoms with Crippen molar-refractivity contribution in [2.24, 2.45) is 0 Å². The van der Waals surface area contributed by atoms with Crippen LogP contribution >= 0.6 is 0 Å². The fourth-order valence-corrected chi connectivity index (χ4v) is 2.88. The molecule has 130 valence electrons. The molecule has 3 heterocycles. The van der Waals surface area contributed by atoms with E-state index in [9.17, 15) is 9.90 Å². The van der Waals surface area contributed by atoms with Crippen LogP contribution in [0, 0.1) is 0 Å². The van der Waals surface area contributed by atoms with Crippen molar-refractivity contribution >= 4 is 6.03 Å². The summed E-state index contributed by atoms with van der Waals surface area (Å²) < 4.78 is 12.7. The first-order valence-corrected chi connectivity index (χ1v) is 8.18. The molecule has 2 aromatic heterocycles. The average Bonchev–Trinajstić information content (AvgIpc) is 3.29. The molecule has 1 saturated heterocycles. The lowest BCUT2D eigenvalue weighted by atomic mass is 10.1. The molecule has 3 rings (SSSR count). The van der Waals surface area contributed by atoms with E-state index in [1.807, 2.05) is 29.1 Å². The van der Waals surface area contributed by atoms with Gasteiger partial charge in [-0.15, -0.1) is 0 Å². The smallest absolute Gasteiger partial charge is 0.317 e. The summed E-state index contributed by atoms with van der Waals surface area (Å²) in [7, 11) is 0. The van der Waals surface area contributed by atoms with Crippen LogP contribution in [0.3, 0.4) is 0 Å². The van der Waals surface area contributed by atoms with Gasteiger partial charge in [0.25, 0.3) is 0 Å². The number of furan rings is 1. The summed E-state index contributed by atoms with van der Waals surface area (Å²) >= 11 is 0. The maximum atomic E-state index is 12.4. The number of aliphatic hydroxyl groups is 1. The average molecular weight is 333 g/mol. The molecule has 0 unspecified atom stereocenters. The molecule has 7 nitrogen and oxygen atoms in total. The van der Waals surface area contributed by atoms with Crippen molar-refractivity contribution in [2.75, 3.05) is 26.3 Å². The highest BCUT2D eigenvalue weighted by atomic mass is 16.5. The molecule has 1 aliphatic heterocycles. The number of ether oxygens (including phenoxy) is 1. The highest BCUT2D eigenvalue weighted by molar-refractivity contribution is 5.74. The van der Waals surface area contributed by atoms with Crippen molar-refractivity contribution in [3.63, 3.8) is 0 Å².